The molecule has 1 N–H and O–H groups in total. The molecule has 0 spiro atoms. The maximum atomic E-state index is 10.4. The van der Waals surface area contributed by atoms with Crippen LogP contribution >= 0.6 is 0 Å². The highest BCUT2D eigenvalue weighted by molar-refractivity contribution is 5.19. The summed E-state index contributed by atoms with van der Waals surface area (Å²) in [7, 11) is 2.07. The molecule has 0 amide bonds. The molecule has 0 saturated heterocycles. The van der Waals surface area contributed by atoms with Gasteiger partial charge in [0.2, 0.25) is 0 Å². The maximum Gasteiger partial charge on any atom is 0.0942 e. The van der Waals surface area contributed by atoms with Gasteiger partial charge in [-0.1, -0.05) is 60.7 Å². The zero-order chi connectivity index (χ0) is 14.4. The minimum absolute atomic E-state index is 0.0983. The van der Waals surface area contributed by atoms with Crippen molar-refractivity contribution in [3.05, 3.63) is 71.8 Å². The number of rotatable bonds is 6. The smallest absolute Gasteiger partial charge is 0.0942 e. The number of hydrogen-bond acceptors (Lipinski definition) is 2. The first kappa shape index (κ1) is 14.8. The second kappa shape index (κ2) is 7.22. The fourth-order valence-corrected chi connectivity index (χ4v) is 2.32. The molecule has 2 heteroatoms. The summed E-state index contributed by atoms with van der Waals surface area (Å²) in [6, 6.07) is 20.4. The molecule has 0 aromatic heterocycles. The van der Waals surface area contributed by atoms with Crippen LogP contribution in [0.25, 0.3) is 0 Å². The van der Waals surface area contributed by atoms with Crippen LogP contribution in [0.15, 0.2) is 60.7 Å². The van der Waals surface area contributed by atoms with Crippen LogP contribution in [0.3, 0.4) is 0 Å². The first-order valence-electron chi connectivity index (χ1n) is 7.15. The summed E-state index contributed by atoms with van der Waals surface area (Å²) in [4.78, 5) is 2.21. The van der Waals surface area contributed by atoms with Crippen LogP contribution in [0.5, 0.6) is 0 Å². The predicted molar refractivity (Wildman–Crippen MR) is 83.6 cm³/mol. The number of aliphatic hydroxyl groups is 1. The third kappa shape index (κ3) is 3.92. The SMILES string of the molecule is CC(C(O)c1ccccc1)N(C)CCc1ccccc1. The van der Waals surface area contributed by atoms with E-state index in [1.807, 2.05) is 36.4 Å². The molecule has 0 aliphatic heterocycles. The molecule has 0 saturated carbocycles. The zero-order valence-corrected chi connectivity index (χ0v) is 12.2. The second-order valence-electron chi connectivity index (χ2n) is 5.31. The summed E-state index contributed by atoms with van der Waals surface area (Å²) in [5.41, 5.74) is 2.31. The highest BCUT2D eigenvalue weighted by Gasteiger charge is 2.19. The molecule has 2 atom stereocenters. The van der Waals surface area contributed by atoms with E-state index < -0.39 is 6.10 Å². The molecule has 0 fully saturated rings. The van der Waals surface area contributed by atoms with Gasteiger partial charge in [-0.3, -0.25) is 0 Å². The number of nitrogens with zero attached hydrogens (tertiary/aromatic N) is 1. The van der Waals surface area contributed by atoms with Gasteiger partial charge >= 0.3 is 0 Å². The Morgan fingerprint density at radius 3 is 2.10 bits per heavy atom. The lowest BCUT2D eigenvalue weighted by atomic mass is 10.0. The normalized spacial score (nSPS) is 14.2. The van der Waals surface area contributed by atoms with Crippen LogP contribution < -0.4 is 0 Å². The Hall–Kier alpha value is -1.64. The third-order valence-electron chi connectivity index (χ3n) is 3.89. The standard InChI is InChI=1S/C18H23NO/c1-15(18(20)17-11-7-4-8-12-17)19(2)14-13-16-9-5-3-6-10-16/h3-12,15,18,20H,13-14H2,1-2H3. The molecule has 2 aromatic carbocycles. The number of hydrogen-bond donors (Lipinski definition) is 1. The van der Waals surface area contributed by atoms with E-state index in [4.69, 9.17) is 0 Å². The monoisotopic (exact) mass is 269 g/mol. The fourth-order valence-electron chi connectivity index (χ4n) is 2.32. The molecule has 0 bridgehead atoms. The van der Waals surface area contributed by atoms with Gasteiger partial charge in [-0.15, -0.1) is 0 Å². The van der Waals surface area contributed by atoms with Gasteiger partial charge in [0.1, 0.15) is 0 Å². The Morgan fingerprint density at radius 1 is 0.950 bits per heavy atom. The van der Waals surface area contributed by atoms with Gasteiger partial charge in [0.15, 0.2) is 0 Å². The van der Waals surface area contributed by atoms with Gasteiger partial charge in [-0.25, -0.2) is 0 Å². The molecular formula is C18H23NO. The molecule has 2 rings (SSSR count). The Balaban J connectivity index is 1.90. The Morgan fingerprint density at radius 2 is 1.50 bits per heavy atom. The average Bonchev–Trinajstić information content (AvgIpc) is 2.53. The van der Waals surface area contributed by atoms with Gasteiger partial charge in [0.25, 0.3) is 0 Å². The van der Waals surface area contributed by atoms with E-state index in [1.165, 1.54) is 5.56 Å². The van der Waals surface area contributed by atoms with Crippen molar-refractivity contribution < 1.29 is 5.11 Å². The van der Waals surface area contributed by atoms with Crippen LogP contribution in [0.2, 0.25) is 0 Å². The van der Waals surface area contributed by atoms with Crippen molar-refractivity contribution in [3.8, 4) is 0 Å². The van der Waals surface area contributed by atoms with Crippen LogP contribution in [-0.4, -0.2) is 29.6 Å². The quantitative estimate of drug-likeness (QED) is 0.870. The van der Waals surface area contributed by atoms with E-state index >= 15 is 0 Å². The third-order valence-corrected chi connectivity index (χ3v) is 3.89. The lowest BCUT2D eigenvalue weighted by Crippen LogP contribution is -2.35. The predicted octanol–water partition coefficient (Wildman–Crippen LogP) is 3.28. The summed E-state index contributed by atoms with van der Waals surface area (Å²) in [6.45, 7) is 3.01. The molecule has 2 nitrogen and oxygen atoms in total. The summed E-state index contributed by atoms with van der Waals surface area (Å²) in [5.74, 6) is 0. The van der Waals surface area contributed by atoms with E-state index in [9.17, 15) is 5.11 Å². The van der Waals surface area contributed by atoms with Crippen LogP contribution in [0, 0.1) is 0 Å². The minimum atomic E-state index is -0.447. The average molecular weight is 269 g/mol. The van der Waals surface area contributed by atoms with E-state index in [2.05, 4.69) is 43.1 Å². The van der Waals surface area contributed by atoms with Gasteiger partial charge in [-0.05, 0) is 31.5 Å². The Kier molecular flexibility index (Phi) is 5.33. The molecule has 20 heavy (non-hydrogen) atoms. The van der Waals surface area contributed by atoms with Crippen molar-refractivity contribution >= 4 is 0 Å². The summed E-state index contributed by atoms with van der Waals surface area (Å²) >= 11 is 0. The molecule has 0 aliphatic rings. The van der Waals surface area contributed by atoms with Gasteiger partial charge in [-0.2, -0.15) is 0 Å². The molecule has 0 heterocycles. The molecule has 0 aliphatic carbocycles. The lowest BCUT2D eigenvalue weighted by molar-refractivity contribution is 0.0732. The van der Waals surface area contributed by atoms with E-state index in [1.54, 1.807) is 0 Å². The van der Waals surface area contributed by atoms with Crippen LogP contribution in [0.1, 0.15) is 24.2 Å². The molecule has 2 aromatic rings. The molecule has 0 radical (unpaired) electrons. The highest BCUT2D eigenvalue weighted by atomic mass is 16.3. The van der Waals surface area contributed by atoms with Gasteiger partial charge in [0, 0.05) is 12.6 Å². The van der Waals surface area contributed by atoms with Crippen LogP contribution in [-0.2, 0) is 6.42 Å². The number of aliphatic hydroxyl groups excluding tert-OH is 1. The van der Waals surface area contributed by atoms with Crippen molar-refractivity contribution in [2.75, 3.05) is 13.6 Å². The molecular weight excluding hydrogens is 246 g/mol. The first-order valence-corrected chi connectivity index (χ1v) is 7.15. The second-order valence-corrected chi connectivity index (χ2v) is 5.31. The van der Waals surface area contributed by atoms with Crippen molar-refractivity contribution in [2.24, 2.45) is 0 Å². The zero-order valence-electron chi connectivity index (χ0n) is 12.2. The van der Waals surface area contributed by atoms with Gasteiger partial charge < -0.3 is 10.0 Å². The summed E-state index contributed by atoms with van der Waals surface area (Å²) in [6.07, 6.45) is 0.556. The summed E-state index contributed by atoms with van der Waals surface area (Å²) < 4.78 is 0. The van der Waals surface area contributed by atoms with Gasteiger partial charge in [0.05, 0.1) is 6.10 Å². The number of likely N-dealkylation sites (N-methyl/N-ethyl adjacent to an activating group) is 1. The van der Waals surface area contributed by atoms with Crippen molar-refractivity contribution in [1.29, 1.82) is 0 Å². The van der Waals surface area contributed by atoms with E-state index in [0.717, 1.165) is 18.5 Å². The largest absolute Gasteiger partial charge is 0.387 e. The number of benzene rings is 2. The van der Waals surface area contributed by atoms with Crippen molar-refractivity contribution in [1.82, 2.24) is 4.90 Å². The highest BCUT2D eigenvalue weighted by Crippen LogP contribution is 2.19. The van der Waals surface area contributed by atoms with E-state index in [0.29, 0.717) is 0 Å². The topological polar surface area (TPSA) is 23.5 Å². The lowest BCUT2D eigenvalue weighted by Gasteiger charge is -2.29. The van der Waals surface area contributed by atoms with Crippen molar-refractivity contribution in [2.45, 2.75) is 25.5 Å². The molecule has 2 unspecified atom stereocenters. The first-order chi connectivity index (χ1) is 9.68. The van der Waals surface area contributed by atoms with Crippen molar-refractivity contribution in [3.63, 3.8) is 0 Å². The Labute approximate surface area is 121 Å². The van der Waals surface area contributed by atoms with Crippen LogP contribution in [0.4, 0.5) is 0 Å². The fraction of sp³-hybridized carbons (Fsp3) is 0.333. The Bertz CT molecular complexity index is 497. The minimum Gasteiger partial charge on any atom is -0.387 e. The maximum absolute atomic E-state index is 10.4. The van der Waals surface area contributed by atoms with E-state index in [-0.39, 0.29) is 6.04 Å². The summed E-state index contributed by atoms with van der Waals surface area (Å²) in [5, 5.41) is 10.4. The molecule has 106 valence electrons.